The molecule has 1 aliphatic heterocycles. The lowest BCUT2D eigenvalue weighted by molar-refractivity contribution is -0.00691. The van der Waals surface area contributed by atoms with E-state index in [1.807, 2.05) is 59.8 Å². The van der Waals surface area contributed by atoms with Crippen LogP contribution in [0.5, 0.6) is 0 Å². The number of aliphatic hydroxyl groups excluding tert-OH is 1. The van der Waals surface area contributed by atoms with E-state index in [9.17, 15) is 9.90 Å². The zero-order valence-corrected chi connectivity index (χ0v) is 18.9. The molecule has 0 spiro atoms. The van der Waals surface area contributed by atoms with E-state index in [0.717, 1.165) is 5.56 Å². The van der Waals surface area contributed by atoms with Crippen molar-refractivity contribution in [3.05, 3.63) is 94.3 Å². The van der Waals surface area contributed by atoms with Crippen LogP contribution in [-0.4, -0.2) is 46.1 Å². The maximum absolute atomic E-state index is 11.0. The second kappa shape index (κ2) is 12.0. The Morgan fingerprint density at radius 3 is 2.69 bits per heavy atom. The van der Waals surface area contributed by atoms with E-state index in [4.69, 9.17) is 33.0 Å². The van der Waals surface area contributed by atoms with Gasteiger partial charge in [-0.25, -0.2) is 4.79 Å². The van der Waals surface area contributed by atoms with E-state index in [2.05, 4.69) is 5.32 Å². The van der Waals surface area contributed by atoms with Crippen LogP contribution < -0.4 is 5.32 Å². The molecule has 32 heavy (non-hydrogen) atoms. The molecule has 0 radical (unpaired) electrons. The highest BCUT2D eigenvalue weighted by Crippen LogP contribution is 2.23. The third kappa shape index (κ3) is 7.65. The molecule has 0 amide bonds. The Labute approximate surface area is 197 Å². The van der Waals surface area contributed by atoms with Gasteiger partial charge >= 0.3 is 5.97 Å². The molecule has 3 N–H and O–H groups in total. The van der Waals surface area contributed by atoms with Gasteiger partial charge in [-0.1, -0.05) is 59.6 Å². The number of ether oxygens (including phenoxy) is 1. The van der Waals surface area contributed by atoms with Crippen molar-refractivity contribution < 1.29 is 19.7 Å². The van der Waals surface area contributed by atoms with Crippen molar-refractivity contribution in [2.45, 2.75) is 37.8 Å². The smallest absolute Gasteiger partial charge is 0.335 e. The van der Waals surface area contributed by atoms with Crippen LogP contribution in [-0.2, 0) is 11.3 Å². The van der Waals surface area contributed by atoms with E-state index in [0.29, 0.717) is 29.5 Å². The number of carbonyl (C=O) groups is 1. The lowest BCUT2D eigenvalue weighted by Gasteiger charge is -2.24. The summed E-state index contributed by atoms with van der Waals surface area (Å²) in [5, 5.41) is 23.5. The van der Waals surface area contributed by atoms with E-state index in [-0.39, 0.29) is 24.3 Å². The van der Waals surface area contributed by atoms with Gasteiger partial charge in [0, 0.05) is 28.9 Å². The van der Waals surface area contributed by atoms with E-state index >= 15 is 0 Å². The standard InChI is InChI=1S/C24H26Cl2N2O4/c25-19-10-11-22(21(26)14-19)27-23(29)16-32-20-4-1-2-12-28(13-3-5-20)15-17-6-8-18(9-7-17)24(30)31/h1-4,6-10,12-14,20,22-23,27,29H,5,11,15-16H2,(H,30,31)/b4-1+,12-2-,13-3?. The number of carboxylic acids is 1. The van der Waals surface area contributed by atoms with Crippen molar-refractivity contribution in [2.24, 2.45) is 0 Å². The molecule has 3 rings (SSSR count). The first-order chi connectivity index (χ1) is 15.4. The Hall–Kier alpha value is -2.35. The number of nitrogens with one attached hydrogen (secondary N) is 1. The fourth-order valence-electron chi connectivity index (χ4n) is 3.28. The quantitative estimate of drug-likeness (QED) is 0.479. The number of hydrogen-bond acceptors (Lipinski definition) is 5. The maximum atomic E-state index is 11.0. The molecule has 0 bridgehead atoms. The minimum atomic E-state index is -0.935. The molecule has 1 aliphatic carbocycles. The Bertz CT molecular complexity index is 938. The topological polar surface area (TPSA) is 82.0 Å². The largest absolute Gasteiger partial charge is 0.478 e. The predicted molar refractivity (Wildman–Crippen MR) is 126 cm³/mol. The normalized spacial score (nSPS) is 23.9. The van der Waals surface area contributed by atoms with Crippen molar-refractivity contribution >= 4 is 29.2 Å². The summed E-state index contributed by atoms with van der Waals surface area (Å²) >= 11 is 12.1. The van der Waals surface area contributed by atoms with Crippen molar-refractivity contribution in [3.63, 3.8) is 0 Å². The van der Waals surface area contributed by atoms with Crippen LogP contribution in [0, 0.1) is 0 Å². The fraction of sp³-hybridized carbons (Fsp3) is 0.292. The van der Waals surface area contributed by atoms with Crippen LogP contribution >= 0.6 is 23.2 Å². The summed E-state index contributed by atoms with van der Waals surface area (Å²) in [6.07, 6.45) is 15.4. The summed E-state index contributed by atoms with van der Waals surface area (Å²) in [4.78, 5) is 13.0. The molecule has 0 aromatic heterocycles. The van der Waals surface area contributed by atoms with Gasteiger partial charge in [-0.05, 0) is 48.9 Å². The molecule has 2 aliphatic rings. The second-order valence-corrected chi connectivity index (χ2v) is 8.35. The van der Waals surface area contributed by atoms with Crippen molar-refractivity contribution in [2.75, 3.05) is 6.61 Å². The van der Waals surface area contributed by atoms with Crippen LogP contribution in [0.15, 0.2) is 83.2 Å². The number of nitrogens with zero attached hydrogens (tertiary/aromatic N) is 1. The lowest BCUT2D eigenvalue weighted by Crippen LogP contribution is -2.42. The third-order valence-corrected chi connectivity index (χ3v) is 5.60. The predicted octanol–water partition coefficient (Wildman–Crippen LogP) is 4.49. The number of halogens is 2. The summed E-state index contributed by atoms with van der Waals surface area (Å²) in [5.74, 6) is -0.935. The molecule has 0 fully saturated rings. The summed E-state index contributed by atoms with van der Waals surface area (Å²) in [7, 11) is 0. The van der Waals surface area contributed by atoms with E-state index in [1.165, 1.54) is 0 Å². The fourth-order valence-corrected chi connectivity index (χ4v) is 3.81. The van der Waals surface area contributed by atoms with Crippen LogP contribution in [0.25, 0.3) is 0 Å². The first-order valence-corrected chi connectivity index (χ1v) is 11.0. The monoisotopic (exact) mass is 476 g/mol. The summed E-state index contributed by atoms with van der Waals surface area (Å²) in [6, 6.07) is 6.64. The number of aromatic carboxylic acids is 1. The Morgan fingerprint density at radius 2 is 1.97 bits per heavy atom. The van der Waals surface area contributed by atoms with Gasteiger partial charge in [-0.2, -0.15) is 0 Å². The van der Waals surface area contributed by atoms with Gasteiger partial charge < -0.3 is 19.8 Å². The second-order valence-electron chi connectivity index (χ2n) is 7.48. The molecule has 3 atom stereocenters. The number of rotatable bonds is 8. The summed E-state index contributed by atoms with van der Waals surface area (Å²) in [6.45, 7) is 0.730. The average Bonchev–Trinajstić information content (AvgIpc) is 2.87. The van der Waals surface area contributed by atoms with E-state index < -0.39 is 12.2 Å². The minimum Gasteiger partial charge on any atom is -0.478 e. The molecule has 1 aromatic rings. The SMILES string of the molecule is O=C(O)c1ccc(CN2C=CCC(OCC(O)NC3CC=C(Cl)C=C3Cl)/C=C/C=C\2)cc1. The number of carboxylic acid groups (broad SMARTS) is 1. The van der Waals surface area contributed by atoms with Crippen molar-refractivity contribution in [3.8, 4) is 0 Å². The highest BCUT2D eigenvalue weighted by Gasteiger charge is 2.19. The average molecular weight is 477 g/mol. The molecular formula is C24H26Cl2N2O4. The van der Waals surface area contributed by atoms with Crippen LogP contribution in [0.4, 0.5) is 0 Å². The van der Waals surface area contributed by atoms with Crippen LogP contribution in [0.3, 0.4) is 0 Å². The number of hydrogen-bond donors (Lipinski definition) is 3. The van der Waals surface area contributed by atoms with Gasteiger partial charge in [0.25, 0.3) is 0 Å². The van der Waals surface area contributed by atoms with Gasteiger partial charge in [0.05, 0.1) is 18.3 Å². The Balaban J connectivity index is 1.47. The molecule has 0 saturated heterocycles. The maximum Gasteiger partial charge on any atom is 0.335 e. The molecule has 6 nitrogen and oxygen atoms in total. The van der Waals surface area contributed by atoms with Gasteiger partial charge in [-0.15, -0.1) is 0 Å². The summed E-state index contributed by atoms with van der Waals surface area (Å²) < 4.78 is 5.86. The highest BCUT2D eigenvalue weighted by atomic mass is 35.5. The zero-order chi connectivity index (χ0) is 22.9. The Kier molecular flexibility index (Phi) is 9.14. The molecule has 1 heterocycles. The van der Waals surface area contributed by atoms with Crippen molar-refractivity contribution in [1.82, 2.24) is 10.2 Å². The van der Waals surface area contributed by atoms with Crippen LogP contribution in [0.1, 0.15) is 28.8 Å². The molecule has 1 aromatic carbocycles. The van der Waals surface area contributed by atoms with Gasteiger partial charge in [0.2, 0.25) is 0 Å². The number of aliphatic hydroxyl groups is 1. The minimum absolute atomic E-state index is 0.115. The lowest BCUT2D eigenvalue weighted by atomic mass is 10.1. The molecular weight excluding hydrogens is 451 g/mol. The summed E-state index contributed by atoms with van der Waals surface area (Å²) in [5.41, 5.74) is 1.27. The number of allylic oxidation sites excluding steroid dienone is 4. The van der Waals surface area contributed by atoms with E-state index in [1.54, 1.807) is 18.2 Å². The molecule has 8 heteroatoms. The van der Waals surface area contributed by atoms with Gasteiger partial charge in [-0.3, -0.25) is 5.32 Å². The van der Waals surface area contributed by atoms with Gasteiger partial charge in [0.15, 0.2) is 0 Å². The van der Waals surface area contributed by atoms with Gasteiger partial charge in [0.1, 0.15) is 6.23 Å². The van der Waals surface area contributed by atoms with Crippen LogP contribution in [0.2, 0.25) is 0 Å². The Morgan fingerprint density at radius 1 is 1.19 bits per heavy atom. The zero-order valence-electron chi connectivity index (χ0n) is 17.4. The first-order valence-electron chi connectivity index (χ1n) is 10.3. The molecule has 3 unspecified atom stereocenters. The molecule has 170 valence electrons. The first kappa shape index (κ1) is 24.3. The molecule has 0 saturated carbocycles. The number of benzene rings is 1. The third-order valence-electron chi connectivity index (χ3n) is 4.96. The highest BCUT2D eigenvalue weighted by molar-refractivity contribution is 6.35. The van der Waals surface area contributed by atoms with Crippen molar-refractivity contribution in [1.29, 1.82) is 0 Å².